The average Bonchev–Trinajstić information content (AvgIpc) is 2.26. The second kappa shape index (κ2) is 4.21. The maximum atomic E-state index is 3.57. The summed E-state index contributed by atoms with van der Waals surface area (Å²) in [4.78, 5) is 0. The molecule has 92 valence electrons. The Morgan fingerprint density at radius 3 is 2.65 bits per heavy atom. The van der Waals surface area contributed by atoms with Crippen LogP contribution in [0.4, 0.5) is 5.69 Å². The molecule has 0 amide bonds. The maximum Gasteiger partial charge on any atom is 0.0505 e. The molecular formula is C16H23N. The van der Waals surface area contributed by atoms with Gasteiger partial charge in [-0.15, -0.1) is 0 Å². The number of hydrogen-bond donors (Lipinski definition) is 1. The lowest BCUT2D eigenvalue weighted by Gasteiger charge is -2.32. The van der Waals surface area contributed by atoms with Crippen molar-refractivity contribution < 1.29 is 0 Å². The molecule has 1 aromatic rings. The van der Waals surface area contributed by atoms with Gasteiger partial charge in [0.25, 0.3) is 0 Å². The molecule has 1 N–H and O–H groups in total. The van der Waals surface area contributed by atoms with Crippen LogP contribution in [0.1, 0.15) is 58.1 Å². The smallest absolute Gasteiger partial charge is 0.0505 e. The Hall–Kier alpha value is -1.24. The van der Waals surface area contributed by atoms with Gasteiger partial charge in [0.05, 0.1) is 5.54 Å². The predicted molar refractivity (Wildman–Crippen MR) is 76.5 cm³/mol. The Morgan fingerprint density at radius 2 is 2.00 bits per heavy atom. The van der Waals surface area contributed by atoms with Crippen LogP contribution in [-0.2, 0) is 0 Å². The number of nitrogens with one attached hydrogen (secondary N) is 1. The summed E-state index contributed by atoms with van der Waals surface area (Å²) < 4.78 is 0. The van der Waals surface area contributed by atoms with Gasteiger partial charge in [-0.1, -0.05) is 26.0 Å². The molecule has 0 aromatic heterocycles. The second-order valence-electron chi connectivity index (χ2n) is 5.79. The summed E-state index contributed by atoms with van der Waals surface area (Å²) in [6.07, 6.45) is 3.51. The second-order valence-corrected chi connectivity index (χ2v) is 5.79. The third-order valence-corrected chi connectivity index (χ3v) is 3.68. The molecule has 0 saturated heterocycles. The first-order chi connectivity index (χ1) is 7.93. The summed E-state index contributed by atoms with van der Waals surface area (Å²) in [6, 6.07) is 6.83. The molecule has 1 aromatic carbocycles. The molecular weight excluding hydrogens is 206 g/mol. The average molecular weight is 229 g/mol. The summed E-state index contributed by atoms with van der Waals surface area (Å²) in [5, 5.41) is 3.57. The lowest BCUT2D eigenvalue weighted by molar-refractivity contribution is 0.705. The van der Waals surface area contributed by atoms with Crippen molar-refractivity contribution in [2.24, 2.45) is 0 Å². The van der Waals surface area contributed by atoms with Crippen molar-refractivity contribution in [1.29, 1.82) is 0 Å². The third-order valence-electron chi connectivity index (χ3n) is 3.68. The number of benzene rings is 1. The van der Waals surface area contributed by atoms with E-state index >= 15 is 0 Å². The quantitative estimate of drug-likeness (QED) is 0.767. The van der Waals surface area contributed by atoms with Crippen molar-refractivity contribution in [2.45, 2.75) is 52.5 Å². The molecule has 0 saturated carbocycles. The molecule has 0 fully saturated rings. The lowest BCUT2D eigenvalue weighted by atomic mass is 9.88. The van der Waals surface area contributed by atoms with Crippen LogP contribution in [0.25, 0.3) is 5.57 Å². The van der Waals surface area contributed by atoms with E-state index in [1.165, 1.54) is 28.8 Å². The Bertz CT molecular complexity index is 455. The SMILES string of the molecule is CCC(C)c1ccc2c(c1)C(C)=CC(C)(C)N2. The Balaban J connectivity index is 2.44. The summed E-state index contributed by atoms with van der Waals surface area (Å²) in [6.45, 7) is 11.2. The molecule has 1 unspecified atom stereocenters. The first-order valence-corrected chi connectivity index (χ1v) is 6.55. The number of fused-ring (bicyclic) bond motifs is 1. The van der Waals surface area contributed by atoms with Gasteiger partial charge in [-0.05, 0) is 56.4 Å². The molecule has 17 heavy (non-hydrogen) atoms. The number of rotatable bonds is 2. The van der Waals surface area contributed by atoms with Crippen LogP contribution in [0.5, 0.6) is 0 Å². The van der Waals surface area contributed by atoms with Gasteiger partial charge in [-0.2, -0.15) is 0 Å². The molecule has 0 bridgehead atoms. The van der Waals surface area contributed by atoms with Gasteiger partial charge < -0.3 is 5.32 Å². The minimum absolute atomic E-state index is 0.0645. The first-order valence-electron chi connectivity index (χ1n) is 6.55. The highest BCUT2D eigenvalue weighted by atomic mass is 15.0. The van der Waals surface area contributed by atoms with E-state index in [0.717, 1.165) is 0 Å². The highest BCUT2D eigenvalue weighted by molar-refractivity contribution is 5.80. The minimum atomic E-state index is 0.0645. The number of allylic oxidation sites excluding steroid dienone is 1. The van der Waals surface area contributed by atoms with E-state index in [4.69, 9.17) is 0 Å². The van der Waals surface area contributed by atoms with E-state index in [-0.39, 0.29) is 5.54 Å². The van der Waals surface area contributed by atoms with Crippen LogP contribution in [-0.4, -0.2) is 5.54 Å². The van der Waals surface area contributed by atoms with E-state index in [9.17, 15) is 0 Å². The maximum absolute atomic E-state index is 3.57. The molecule has 0 radical (unpaired) electrons. The molecule has 1 aliphatic rings. The predicted octanol–water partition coefficient (Wildman–Crippen LogP) is 4.81. The number of hydrogen-bond acceptors (Lipinski definition) is 1. The first kappa shape index (κ1) is 12.2. The summed E-state index contributed by atoms with van der Waals surface area (Å²) in [5.41, 5.74) is 5.52. The van der Waals surface area contributed by atoms with Crippen LogP contribution in [0.15, 0.2) is 24.3 Å². The molecule has 1 heterocycles. The fraction of sp³-hybridized carbons (Fsp3) is 0.500. The summed E-state index contributed by atoms with van der Waals surface area (Å²) >= 11 is 0. The van der Waals surface area contributed by atoms with Gasteiger partial charge in [0.15, 0.2) is 0 Å². The molecule has 1 heteroatoms. The highest BCUT2D eigenvalue weighted by Crippen LogP contribution is 2.35. The van der Waals surface area contributed by atoms with Crippen molar-refractivity contribution >= 4 is 11.3 Å². The van der Waals surface area contributed by atoms with Gasteiger partial charge in [0.1, 0.15) is 0 Å². The highest BCUT2D eigenvalue weighted by Gasteiger charge is 2.22. The van der Waals surface area contributed by atoms with Gasteiger partial charge in [-0.3, -0.25) is 0 Å². The van der Waals surface area contributed by atoms with Crippen molar-refractivity contribution in [3.05, 3.63) is 35.4 Å². The van der Waals surface area contributed by atoms with Gasteiger partial charge in [-0.25, -0.2) is 0 Å². The Kier molecular flexibility index (Phi) is 3.03. The van der Waals surface area contributed by atoms with Crippen molar-refractivity contribution in [3.8, 4) is 0 Å². The van der Waals surface area contributed by atoms with E-state index in [0.29, 0.717) is 5.92 Å². The normalized spacial score (nSPS) is 19.0. The zero-order valence-electron chi connectivity index (χ0n) is 11.6. The minimum Gasteiger partial charge on any atom is -0.376 e. The summed E-state index contributed by atoms with van der Waals surface area (Å²) in [5.74, 6) is 0.642. The van der Waals surface area contributed by atoms with Crippen LogP contribution < -0.4 is 5.32 Å². The van der Waals surface area contributed by atoms with Gasteiger partial charge in [0.2, 0.25) is 0 Å². The van der Waals surface area contributed by atoms with E-state index in [1.807, 2.05) is 0 Å². The molecule has 1 aliphatic heterocycles. The Morgan fingerprint density at radius 1 is 1.29 bits per heavy atom. The monoisotopic (exact) mass is 229 g/mol. The van der Waals surface area contributed by atoms with E-state index < -0.39 is 0 Å². The fourth-order valence-electron chi connectivity index (χ4n) is 2.54. The summed E-state index contributed by atoms with van der Waals surface area (Å²) in [7, 11) is 0. The fourth-order valence-corrected chi connectivity index (χ4v) is 2.54. The molecule has 1 atom stereocenters. The Labute approximate surface area is 105 Å². The molecule has 1 nitrogen and oxygen atoms in total. The third kappa shape index (κ3) is 2.38. The zero-order chi connectivity index (χ0) is 12.6. The van der Waals surface area contributed by atoms with Gasteiger partial charge in [0, 0.05) is 11.3 Å². The zero-order valence-corrected chi connectivity index (χ0v) is 11.6. The largest absolute Gasteiger partial charge is 0.376 e. The standard InChI is InChI=1S/C16H23N/c1-6-11(2)13-7-8-15-14(9-13)12(3)10-16(4,5)17-15/h7-11,17H,6H2,1-5H3. The van der Waals surface area contributed by atoms with E-state index in [1.54, 1.807) is 0 Å². The van der Waals surface area contributed by atoms with Gasteiger partial charge >= 0.3 is 0 Å². The van der Waals surface area contributed by atoms with Crippen LogP contribution in [0.3, 0.4) is 0 Å². The van der Waals surface area contributed by atoms with Crippen LogP contribution >= 0.6 is 0 Å². The molecule has 2 rings (SSSR count). The van der Waals surface area contributed by atoms with Crippen molar-refractivity contribution in [1.82, 2.24) is 0 Å². The molecule has 0 aliphatic carbocycles. The van der Waals surface area contributed by atoms with Crippen LogP contribution in [0, 0.1) is 0 Å². The number of anilines is 1. The van der Waals surface area contributed by atoms with Crippen LogP contribution in [0.2, 0.25) is 0 Å². The van der Waals surface area contributed by atoms with Crippen molar-refractivity contribution in [3.63, 3.8) is 0 Å². The lowest BCUT2D eigenvalue weighted by Crippen LogP contribution is -2.31. The van der Waals surface area contributed by atoms with Crippen molar-refractivity contribution in [2.75, 3.05) is 5.32 Å². The molecule has 0 spiro atoms. The topological polar surface area (TPSA) is 12.0 Å². The van der Waals surface area contributed by atoms with E-state index in [2.05, 4.69) is 64.2 Å².